The van der Waals surface area contributed by atoms with Crippen LogP contribution in [0.15, 0.2) is 18.3 Å². The van der Waals surface area contributed by atoms with Gasteiger partial charge in [0.05, 0.1) is 17.8 Å². The molecule has 5 nitrogen and oxygen atoms in total. The number of halogens is 1. The van der Waals surface area contributed by atoms with Gasteiger partial charge < -0.3 is 10.2 Å². The predicted molar refractivity (Wildman–Crippen MR) is 86.6 cm³/mol. The summed E-state index contributed by atoms with van der Waals surface area (Å²) in [7, 11) is 0. The monoisotopic (exact) mass is 323 g/mol. The van der Waals surface area contributed by atoms with Gasteiger partial charge in [0.25, 0.3) is 0 Å². The van der Waals surface area contributed by atoms with Gasteiger partial charge in [-0.05, 0) is 31.4 Å². The maximum absolute atomic E-state index is 12.4. The van der Waals surface area contributed by atoms with Gasteiger partial charge in [-0.2, -0.15) is 0 Å². The molecule has 2 amide bonds. The Labute approximate surface area is 136 Å². The summed E-state index contributed by atoms with van der Waals surface area (Å²) in [5.41, 5.74) is 0.625. The van der Waals surface area contributed by atoms with Crippen LogP contribution in [0.25, 0.3) is 0 Å². The van der Waals surface area contributed by atoms with Crippen LogP contribution in [0, 0.1) is 11.8 Å². The average Bonchev–Trinajstić information content (AvgIpc) is 2.55. The molecule has 0 spiro atoms. The third-order valence-electron chi connectivity index (χ3n) is 4.13. The van der Waals surface area contributed by atoms with Crippen LogP contribution in [-0.4, -0.2) is 34.8 Å². The van der Waals surface area contributed by atoms with E-state index in [1.54, 1.807) is 12.1 Å². The molecule has 0 saturated carbocycles. The van der Waals surface area contributed by atoms with Crippen molar-refractivity contribution in [3.05, 3.63) is 23.5 Å². The van der Waals surface area contributed by atoms with E-state index in [9.17, 15) is 9.59 Å². The fourth-order valence-corrected chi connectivity index (χ4v) is 2.68. The fraction of sp³-hybridized carbons (Fsp3) is 0.562. The molecule has 0 aromatic carbocycles. The number of pyridine rings is 1. The maximum atomic E-state index is 12.4. The van der Waals surface area contributed by atoms with Crippen molar-refractivity contribution in [3.63, 3.8) is 0 Å². The molecule has 2 unspecified atom stereocenters. The SMILES string of the molecule is CCC(C)C(=O)N1CCCC(C(=O)Nc2ccc(Cl)nc2)C1. The molecule has 1 N–H and O–H groups in total. The maximum Gasteiger partial charge on any atom is 0.229 e. The van der Waals surface area contributed by atoms with Crippen LogP contribution >= 0.6 is 11.6 Å². The minimum absolute atomic E-state index is 0.0160. The van der Waals surface area contributed by atoms with E-state index in [-0.39, 0.29) is 23.7 Å². The van der Waals surface area contributed by atoms with Crippen molar-refractivity contribution in [1.82, 2.24) is 9.88 Å². The molecule has 2 rings (SSSR count). The second kappa shape index (κ2) is 7.58. The lowest BCUT2D eigenvalue weighted by molar-refractivity contribution is -0.138. The van der Waals surface area contributed by atoms with Crippen molar-refractivity contribution < 1.29 is 9.59 Å². The second-order valence-corrected chi connectivity index (χ2v) is 6.18. The molecular formula is C16H22ClN3O2. The van der Waals surface area contributed by atoms with Crippen LogP contribution < -0.4 is 5.32 Å². The van der Waals surface area contributed by atoms with Gasteiger partial charge >= 0.3 is 0 Å². The van der Waals surface area contributed by atoms with E-state index < -0.39 is 0 Å². The summed E-state index contributed by atoms with van der Waals surface area (Å²) in [5.74, 6) is -0.0707. The Balaban J connectivity index is 1.95. The van der Waals surface area contributed by atoms with Gasteiger partial charge in [0.2, 0.25) is 11.8 Å². The Bertz CT molecular complexity index is 533. The molecule has 6 heteroatoms. The van der Waals surface area contributed by atoms with Crippen LogP contribution in [0.3, 0.4) is 0 Å². The molecular weight excluding hydrogens is 302 g/mol. The van der Waals surface area contributed by atoms with Crippen LogP contribution in [-0.2, 0) is 9.59 Å². The highest BCUT2D eigenvalue weighted by Gasteiger charge is 2.29. The molecule has 2 heterocycles. The van der Waals surface area contributed by atoms with Crippen molar-refractivity contribution >= 4 is 29.1 Å². The normalized spacial score (nSPS) is 19.6. The van der Waals surface area contributed by atoms with Gasteiger partial charge in [-0.25, -0.2) is 4.98 Å². The van der Waals surface area contributed by atoms with E-state index in [0.717, 1.165) is 25.8 Å². The number of aromatic nitrogens is 1. The highest BCUT2D eigenvalue weighted by molar-refractivity contribution is 6.29. The van der Waals surface area contributed by atoms with Crippen LogP contribution in [0.2, 0.25) is 5.15 Å². The van der Waals surface area contributed by atoms with Gasteiger partial charge in [0, 0.05) is 19.0 Å². The number of nitrogens with one attached hydrogen (secondary N) is 1. The van der Waals surface area contributed by atoms with E-state index in [2.05, 4.69) is 10.3 Å². The quantitative estimate of drug-likeness (QED) is 0.866. The minimum atomic E-state index is -0.169. The van der Waals surface area contributed by atoms with Crippen molar-refractivity contribution in [2.45, 2.75) is 33.1 Å². The Morgan fingerprint density at radius 3 is 2.91 bits per heavy atom. The zero-order valence-electron chi connectivity index (χ0n) is 13.0. The van der Waals surface area contributed by atoms with Gasteiger partial charge in [-0.15, -0.1) is 0 Å². The molecule has 120 valence electrons. The molecule has 1 aromatic heterocycles. The first-order valence-corrected chi connectivity index (χ1v) is 8.10. The van der Waals surface area contributed by atoms with E-state index >= 15 is 0 Å². The Hall–Kier alpha value is -1.62. The highest BCUT2D eigenvalue weighted by atomic mass is 35.5. The predicted octanol–water partition coefficient (Wildman–Crippen LogP) is 2.96. The summed E-state index contributed by atoms with van der Waals surface area (Å²) < 4.78 is 0. The largest absolute Gasteiger partial charge is 0.342 e. The van der Waals surface area contributed by atoms with Crippen molar-refractivity contribution in [2.75, 3.05) is 18.4 Å². The number of likely N-dealkylation sites (tertiary alicyclic amines) is 1. The van der Waals surface area contributed by atoms with Crippen LogP contribution in [0.4, 0.5) is 5.69 Å². The fourth-order valence-electron chi connectivity index (χ4n) is 2.57. The van der Waals surface area contributed by atoms with Crippen molar-refractivity contribution in [1.29, 1.82) is 0 Å². The van der Waals surface area contributed by atoms with Crippen molar-refractivity contribution in [3.8, 4) is 0 Å². The third kappa shape index (κ3) is 4.19. The third-order valence-corrected chi connectivity index (χ3v) is 4.36. The summed E-state index contributed by atoms with van der Waals surface area (Å²) >= 11 is 5.73. The van der Waals surface area contributed by atoms with Gasteiger partial charge in [-0.3, -0.25) is 9.59 Å². The van der Waals surface area contributed by atoms with Gasteiger partial charge in [0.15, 0.2) is 0 Å². The smallest absolute Gasteiger partial charge is 0.229 e. The Morgan fingerprint density at radius 2 is 2.27 bits per heavy atom. The molecule has 0 radical (unpaired) electrons. The first-order valence-electron chi connectivity index (χ1n) is 7.72. The minimum Gasteiger partial charge on any atom is -0.342 e. The Kier molecular flexibility index (Phi) is 5.77. The summed E-state index contributed by atoms with van der Waals surface area (Å²) in [4.78, 5) is 30.4. The van der Waals surface area contributed by atoms with E-state index in [1.807, 2.05) is 18.7 Å². The van der Waals surface area contributed by atoms with Crippen molar-refractivity contribution in [2.24, 2.45) is 11.8 Å². The molecule has 1 aliphatic heterocycles. The zero-order chi connectivity index (χ0) is 16.1. The van der Waals surface area contributed by atoms with E-state index in [4.69, 9.17) is 11.6 Å². The number of hydrogen-bond donors (Lipinski definition) is 1. The Morgan fingerprint density at radius 1 is 1.50 bits per heavy atom. The molecule has 1 aliphatic rings. The van der Waals surface area contributed by atoms with E-state index in [1.165, 1.54) is 6.20 Å². The number of carbonyl (C=O) groups is 2. The zero-order valence-corrected chi connectivity index (χ0v) is 13.8. The molecule has 0 bridgehead atoms. The topological polar surface area (TPSA) is 62.3 Å². The molecule has 1 aromatic rings. The van der Waals surface area contributed by atoms with Crippen LogP contribution in [0.1, 0.15) is 33.1 Å². The molecule has 2 atom stereocenters. The number of anilines is 1. The first-order chi connectivity index (χ1) is 10.5. The van der Waals surface area contributed by atoms with Gasteiger partial charge in [-0.1, -0.05) is 25.4 Å². The summed E-state index contributed by atoms with van der Waals surface area (Å²) in [5, 5.41) is 3.23. The summed E-state index contributed by atoms with van der Waals surface area (Å²) in [6.45, 7) is 5.18. The molecule has 22 heavy (non-hydrogen) atoms. The standard InChI is InChI=1S/C16H22ClN3O2/c1-3-11(2)16(22)20-8-4-5-12(10-20)15(21)19-13-6-7-14(17)18-9-13/h6-7,9,11-12H,3-5,8,10H2,1-2H3,(H,19,21). The molecule has 1 saturated heterocycles. The number of nitrogens with zero attached hydrogens (tertiary/aromatic N) is 2. The lowest BCUT2D eigenvalue weighted by Crippen LogP contribution is -2.45. The van der Waals surface area contributed by atoms with E-state index in [0.29, 0.717) is 17.4 Å². The summed E-state index contributed by atoms with van der Waals surface area (Å²) in [6.07, 6.45) is 4.02. The highest BCUT2D eigenvalue weighted by Crippen LogP contribution is 2.21. The van der Waals surface area contributed by atoms with Gasteiger partial charge in [0.1, 0.15) is 5.15 Å². The number of amides is 2. The summed E-state index contributed by atoms with van der Waals surface area (Å²) in [6, 6.07) is 3.36. The lowest BCUT2D eigenvalue weighted by Gasteiger charge is -2.33. The lowest BCUT2D eigenvalue weighted by atomic mass is 9.95. The number of hydrogen-bond acceptors (Lipinski definition) is 3. The number of carbonyl (C=O) groups excluding carboxylic acids is 2. The molecule has 1 fully saturated rings. The number of piperidine rings is 1. The number of rotatable bonds is 4. The van der Waals surface area contributed by atoms with Crippen LogP contribution in [0.5, 0.6) is 0 Å². The molecule has 0 aliphatic carbocycles. The second-order valence-electron chi connectivity index (χ2n) is 5.79. The first kappa shape index (κ1) is 16.7. The average molecular weight is 324 g/mol.